The second kappa shape index (κ2) is 8.20. The van der Waals surface area contributed by atoms with Crippen molar-refractivity contribution < 1.29 is 37.3 Å². The topological polar surface area (TPSA) is 131 Å². The Hall–Kier alpha value is -3.57. The van der Waals surface area contributed by atoms with Gasteiger partial charge in [0.05, 0.1) is 7.11 Å². The Morgan fingerprint density at radius 2 is 1.86 bits per heavy atom. The third kappa shape index (κ3) is 4.65. The lowest BCUT2D eigenvalue weighted by Gasteiger charge is -2.31. The Morgan fingerprint density at radius 3 is 2.41 bits per heavy atom. The molecule has 2 aromatic rings. The zero-order valence-corrected chi connectivity index (χ0v) is 15.2. The number of hydrogen-bond donors (Lipinski definition) is 3. The predicted octanol–water partition coefficient (Wildman–Crippen LogP) is 1.97. The lowest BCUT2D eigenvalue weighted by molar-refractivity contribution is -0.195. The summed E-state index contributed by atoms with van der Waals surface area (Å²) in [6, 6.07) is 8.19. The summed E-state index contributed by atoms with van der Waals surface area (Å²) < 4.78 is 50.3. The summed E-state index contributed by atoms with van der Waals surface area (Å²) in [5.74, 6) is -3.72. The lowest BCUT2D eigenvalue weighted by atomic mass is 10.0. The van der Waals surface area contributed by atoms with Gasteiger partial charge in [-0.3, -0.25) is 4.79 Å². The van der Waals surface area contributed by atoms with Crippen LogP contribution in [-0.2, 0) is 21.6 Å². The molecule has 0 saturated carbocycles. The molecule has 1 amide bonds. The van der Waals surface area contributed by atoms with Crippen LogP contribution in [0.1, 0.15) is 28.8 Å². The lowest BCUT2D eigenvalue weighted by Crippen LogP contribution is -2.55. The number of nitrogens with zero attached hydrogens (tertiary/aromatic N) is 1. The molecule has 1 atom stereocenters. The van der Waals surface area contributed by atoms with Gasteiger partial charge in [0, 0.05) is 0 Å². The minimum absolute atomic E-state index is 0.312. The molecule has 1 unspecified atom stereocenters. The Bertz CT molecular complexity index is 961. The third-order valence-corrected chi connectivity index (χ3v) is 3.88. The van der Waals surface area contributed by atoms with Gasteiger partial charge < -0.3 is 24.9 Å². The fourth-order valence-electron chi connectivity index (χ4n) is 2.17. The minimum atomic E-state index is -5.17. The summed E-state index contributed by atoms with van der Waals surface area (Å²) in [6.07, 6.45) is -6.62. The minimum Gasteiger partial charge on any atom is -0.501 e. The van der Waals surface area contributed by atoms with Crippen LogP contribution in [0.4, 0.5) is 18.0 Å². The van der Waals surface area contributed by atoms with Crippen molar-refractivity contribution in [2.45, 2.75) is 25.2 Å². The maximum absolute atomic E-state index is 13.7. The Morgan fingerprint density at radius 1 is 1.24 bits per heavy atom. The number of hydrogen-bond acceptors (Lipinski definition) is 7. The van der Waals surface area contributed by atoms with Crippen LogP contribution in [-0.4, -0.2) is 40.4 Å². The number of rotatable bonds is 5. The van der Waals surface area contributed by atoms with E-state index in [4.69, 9.17) is 4.74 Å². The van der Waals surface area contributed by atoms with Gasteiger partial charge in [-0.25, -0.2) is 14.6 Å². The number of alkyl carbamates (subject to hydrolysis) is 1. The molecule has 0 saturated heterocycles. The second-order valence-corrected chi connectivity index (χ2v) is 5.91. The molecular weight excluding hydrogens is 399 g/mol. The largest absolute Gasteiger partial charge is 0.501 e. The Kier molecular flexibility index (Phi) is 6.15. The van der Waals surface area contributed by atoms with Crippen molar-refractivity contribution in [1.29, 1.82) is 0 Å². The quantitative estimate of drug-likeness (QED) is 0.637. The average Bonchev–Trinajstić information content (AvgIpc) is 2.67. The fraction of sp³-hybridized carbons (Fsp3) is 0.294. The van der Waals surface area contributed by atoms with Crippen molar-refractivity contribution in [3.05, 3.63) is 57.8 Å². The number of aromatic amines is 1. The number of methoxy groups -OCH3 is 1. The van der Waals surface area contributed by atoms with Crippen molar-refractivity contribution in [2.75, 3.05) is 7.11 Å². The Labute approximate surface area is 161 Å². The molecule has 2 rings (SSSR count). The molecule has 1 aromatic carbocycles. The van der Waals surface area contributed by atoms with Crippen molar-refractivity contribution in [3.8, 4) is 5.75 Å². The first-order valence-corrected chi connectivity index (χ1v) is 7.97. The zero-order valence-electron chi connectivity index (χ0n) is 15.2. The smallest absolute Gasteiger partial charge is 0.418 e. The summed E-state index contributed by atoms with van der Waals surface area (Å²) in [7, 11) is 0.881. The number of halogens is 3. The number of carbonyl (C=O) groups excluding carboxylic acids is 2. The monoisotopic (exact) mass is 415 g/mol. The van der Waals surface area contributed by atoms with Crippen molar-refractivity contribution >= 4 is 12.1 Å². The second-order valence-electron chi connectivity index (χ2n) is 5.91. The van der Waals surface area contributed by atoms with E-state index in [-0.39, 0.29) is 6.61 Å². The van der Waals surface area contributed by atoms with Crippen molar-refractivity contribution in [3.63, 3.8) is 0 Å². The van der Waals surface area contributed by atoms with E-state index in [0.29, 0.717) is 12.5 Å². The highest BCUT2D eigenvalue weighted by Crippen LogP contribution is 2.37. The van der Waals surface area contributed by atoms with Gasteiger partial charge in [-0.15, -0.1) is 0 Å². The van der Waals surface area contributed by atoms with E-state index in [9.17, 15) is 32.7 Å². The molecule has 9 nitrogen and oxygen atoms in total. The van der Waals surface area contributed by atoms with Gasteiger partial charge in [-0.05, 0) is 12.5 Å². The standard InChI is InChI=1S/C17H16F3N3O6/c1-16(17(18,19)20,23-15(27)29-8-9-6-4-3-5-7-9)14-21-10(13(26)28-2)11(24)12(25)22-14/h3-7,24H,8H2,1-2H3,(H,23,27)(H,21,22,25). The van der Waals surface area contributed by atoms with E-state index >= 15 is 0 Å². The van der Waals surface area contributed by atoms with Gasteiger partial charge in [0.1, 0.15) is 12.4 Å². The summed E-state index contributed by atoms with van der Waals surface area (Å²) in [6.45, 7) is 0.195. The number of esters is 1. The van der Waals surface area contributed by atoms with Crippen LogP contribution in [0, 0.1) is 0 Å². The summed E-state index contributed by atoms with van der Waals surface area (Å²) in [5.41, 5.74) is -5.19. The molecule has 0 bridgehead atoms. The number of nitrogens with one attached hydrogen (secondary N) is 2. The maximum Gasteiger partial charge on any atom is 0.418 e. The summed E-state index contributed by atoms with van der Waals surface area (Å²) >= 11 is 0. The van der Waals surface area contributed by atoms with E-state index in [1.54, 1.807) is 40.6 Å². The van der Waals surface area contributed by atoms with E-state index in [2.05, 4.69) is 9.72 Å². The normalized spacial score (nSPS) is 13.3. The highest BCUT2D eigenvalue weighted by atomic mass is 19.4. The molecule has 29 heavy (non-hydrogen) atoms. The van der Waals surface area contributed by atoms with Crippen LogP contribution < -0.4 is 10.9 Å². The van der Waals surface area contributed by atoms with Crippen LogP contribution in [0.3, 0.4) is 0 Å². The molecule has 0 radical (unpaired) electrons. The van der Waals surface area contributed by atoms with Crippen LogP contribution in [0.25, 0.3) is 0 Å². The fourth-order valence-corrected chi connectivity index (χ4v) is 2.17. The highest BCUT2D eigenvalue weighted by molar-refractivity contribution is 5.89. The van der Waals surface area contributed by atoms with Gasteiger partial charge in [-0.2, -0.15) is 13.2 Å². The molecule has 0 aliphatic carbocycles. The van der Waals surface area contributed by atoms with E-state index in [0.717, 1.165) is 7.11 Å². The number of ether oxygens (including phenoxy) is 2. The van der Waals surface area contributed by atoms with Crippen molar-refractivity contribution in [1.82, 2.24) is 15.3 Å². The Balaban J connectivity index is 2.38. The number of H-pyrrole nitrogens is 1. The number of amides is 1. The highest BCUT2D eigenvalue weighted by Gasteiger charge is 2.56. The third-order valence-electron chi connectivity index (χ3n) is 3.88. The van der Waals surface area contributed by atoms with Gasteiger partial charge in [0.25, 0.3) is 5.56 Å². The van der Waals surface area contributed by atoms with Gasteiger partial charge in [0.2, 0.25) is 5.75 Å². The number of aromatic hydroxyl groups is 1. The maximum atomic E-state index is 13.7. The summed E-state index contributed by atoms with van der Waals surface area (Å²) in [4.78, 5) is 40.4. The van der Waals surface area contributed by atoms with E-state index in [1.807, 2.05) is 0 Å². The number of benzene rings is 1. The first-order valence-electron chi connectivity index (χ1n) is 7.97. The molecule has 0 fully saturated rings. The molecule has 0 aliphatic heterocycles. The van der Waals surface area contributed by atoms with Crippen molar-refractivity contribution in [2.24, 2.45) is 0 Å². The average molecular weight is 415 g/mol. The van der Waals surface area contributed by atoms with Crippen LogP contribution in [0.15, 0.2) is 35.1 Å². The molecule has 156 valence electrons. The van der Waals surface area contributed by atoms with Crippen LogP contribution in [0.2, 0.25) is 0 Å². The number of aromatic nitrogens is 2. The van der Waals surface area contributed by atoms with Crippen LogP contribution >= 0.6 is 0 Å². The molecular formula is C17H16F3N3O6. The van der Waals surface area contributed by atoms with E-state index < -0.39 is 46.6 Å². The first kappa shape index (κ1) is 21.7. The molecule has 0 spiro atoms. The molecule has 3 N–H and O–H groups in total. The number of alkyl halides is 3. The van der Waals surface area contributed by atoms with Crippen LogP contribution in [0.5, 0.6) is 5.75 Å². The van der Waals surface area contributed by atoms with Gasteiger partial charge in [-0.1, -0.05) is 30.3 Å². The van der Waals surface area contributed by atoms with E-state index in [1.165, 1.54) is 0 Å². The first-order chi connectivity index (χ1) is 13.5. The molecule has 12 heteroatoms. The predicted molar refractivity (Wildman–Crippen MR) is 91.0 cm³/mol. The summed E-state index contributed by atoms with van der Waals surface area (Å²) in [5, 5.41) is 11.2. The molecule has 1 heterocycles. The molecule has 1 aromatic heterocycles. The van der Waals surface area contributed by atoms with Gasteiger partial charge >= 0.3 is 18.2 Å². The van der Waals surface area contributed by atoms with Gasteiger partial charge in [0.15, 0.2) is 11.2 Å². The SMILES string of the molecule is COC(=O)c1nc(C(C)(NC(=O)OCc2ccccc2)C(F)(F)F)[nH]c(=O)c1O. The zero-order chi connectivity index (χ0) is 21.8. The number of carbonyl (C=O) groups is 2. The molecule has 0 aliphatic rings.